The lowest BCUT2D eigenvalue weighted by Crippen LogP contribution is -2.15. The minimum Gasteiger partial charge on any atom is -0.478 e. The molecule has 2 amide bonds. The molecule has 0 heterocycles. The maximum Gasteiger partial charge on any atom is 0.337 e. The standard InChI is InChI=1S/C19H17ClN2O4S/c20-16-7-6-13(9-15(16)19(25)26)21-17(23)10-27-14-3-1-2-12(8-14)22-18(24)11-4-5-11/h1-3,6-9,11H,4-5,10H2,(H,21,23)(H,22,24)(H,25,26). The molecular formula is C19H17ClN2O4S. The highest BCUT2D eigenvalue weighted by Gasteiger charge is 2.29. The molecule has 1 aliphatic carbocycles. The molecule has 0 aromatic heterocycles. The molecule has 0 aliphatic heterocycles. The molecule has 3 rings (SSSR count). The van der Waals surface area contributed by atoms with Crippen molar-refractivity contribution in [1.82, 2.24) is 0 Å². The van der Waals surface area contributed by atoms with Crippen molar-refractivity contribution in [3.8, 4) is 0 Å². The summed E-state index contributed by atoms with van der Waals surface area (Å²) in [5.74, 6) is -1.12. The number of nitrogens with one attached hydrogen (secondary N) is 2. The van der Waals surface area contributed by atoms with E-state index in [2.05, 4.69) is 10.6 Å². The Hall–Kier alpha value is -2.51. The Labute approximate surface area is 165 Å². The molecule has 1 fully saturated rings. The molecule has 0 spiro atoms. The first-order valence-electron chi connectivity index (χ1n) is 8.29. The number of carboxylic acids is 1. The lowest BCUT2D eigenvalue weighted by atomic mass is 10.2. The maximum absolute atomic E-state index is 12.1. The Morgan fingerprint density at radius 2 is 1.81 bits per heavy atom. The minimum absolute atomic E-state index is 0.0341. The van der Waals surface area contributed by atoms with Gasteiger partial charge in [-0.2, -0.15) is 0 Å². The molecular weight excluding hydrogens is 388 g/mol. The van der Waals surface area contributed by atoms with Crippen LogP contribution in [0.5, 0.6) is 0 Å². The summed E-state index contributed by atoms with van der Waals surface area (Å²) < 4.78 is 0. The number of rotatable bonds is 7. The van der Waals surface area contributed by atoms with E-state index in [1.54, 1.807) is 6.07 Å². The van der Waals surface area contributed by atoms with Crippen molar-refractivity contribution < 1.29 is 19.5 Å². The van der Waals surface area contributed by atoms with Crippen molar-refractivity contribution in [2.45, 2.75) is 17.7 Å². The molecule has 0 unspecified atom stereocenters. The first kappa shape index (κ1) is 19.3. The van der Waals surface area contributed by atoms with Gasteiger partial charge in [0.2, 0.25) is 11.8 Å². The van der Waals surface area contributed by atoms with E-state index in [-0.39, 0.29) is 34.1 Å². The van der Waals surface area contributed by atoms with Gasteiger partial charge < -0.3 is 15.7 Å². The van der Waals surface area contributed by atoms with E-state index >= 15 is 0 Å². The highest BCUT2D eigenvalue weighted by molar-refractivity contribution is 8.00. The second-order valence-electron chi connectivity index (χ2n) is 6.13. The number of hydrogen-bond donors (Lipinski definition) is 3. The molecule has 1 aliphatic rings. The molecule has 140 valence electrons. The number of hydrogen-bond acceptors (Lipinski definition) is 4. The first-order chi connectivity index (χ1) is 12.9. The largest absolute Gasteiger partial charge is 0.478 e. The third-order valence-electron chi connectivity index (χ3n) is 3.90. The lowest BCUT2D eigenvalue weighted by molar-refractivity contribution is -0.117. The van der Waals surface area contributed by atoms with E-state index in [0.717, 1.165) is 17.7 Å². The number of halogens is 1. The summed E-state index contributed by atoms with van der Waals surface area (Å²) in [7, 11) is 0. The van der Waals surface area contributed by atoms with Crippen molar-refractivity contribution in [3.63, 3.8) is 0 Å². The van der Waals surface area contributed by atoms with Gasteiger partial charge in [-0.3, -0.25) is 9.59 Å². The second-order valence-corrected chi connectivity index (χ2v) is 7.58. The van der Waals surface area contributed by atoms with Crippen LogP contribution in [0.15, 0.2) is 47.4 Å². The summed E-state index contributed by atoms with van der Waals surface area (Å²) >= 11 is 7.14. The van der Waals surface area contributed by atoms with Gasteiger partial charge in [-0.15, -0.1) is 11.8 Å². The van der Waals surface area contributed by atoms with Crippen molar-refractivity contribution in [1.29, 1.82) is 0 Å². The molecule has 0 atom stereocenters. The van der Waals surface area contributed by atoms with Gasteiger partial charge >= 0.3 is 5.97 Å². The number of amides is 2. The Morgan fingerprint density at radius 3 is 2.52 bits per heavy atom. The zero-order chi connectivity index (χ0) is 19.4. The lowest BCUT2D eigenvalue weighted by Gasteiger charge is -2.08. The average Bonchev–Trinajstić information content (AvgIpc) is 3.47. The van der Waals surface area contributed by atoms with E-state index < -0.39 is 5.97 Å². The van der Waals surface area contributed by atoms with Gasteiger partial charge in [0.25, 0.3) is 0 Å². The predicted molar refractivity (Wildman–Crippen MR) is 106 cm³/mol. The summed E-state index contributed by atoms with van der Waals surface area (Å²) in [4.78, 5) is 35.9. The minimum atomic E-state index is -1.16. The number of thioether (sulfide) groups is 1. The highest BCUT2D eigenvalue weighted by Crippen LogP contribution is 2.31. The topological polar surface area (TPSA) is 95.5 Å². The first-order valence-corrected chi connectivity index (χ1v) is 9.65. The van der Waals surface area contributed by atoms with Crippen LogP contribution in [0.3, 0.4) is 0 Å². The predicted octanol–water partition coefficient (Wildman–Crippen LogP) is 4.12. The van der Waals surface area contributed by atoms with Crippen molar-refractivity contribution >= 4 is 52.5 Å². The Bertz CT molecular complexity index is 899. The van der Waals surface area contributed by atoms with Crippen LogP contribution >= 0.6 is 23.4 Å². The van der Waals surface area contributed by atoms with Gasteiger partial charge in [-0.25, -0.2) is 4.79 Å². The second kappa shape index (κ2) is 8.45. The van der Waals surface area contributed by atoms with Gasteiger partial charge in [0.1, 0.15) is 0 Å². The fraction of sp³-hybridized carbons (Fsp3) is 0.211. The van der Waals surface area contributed by atoms with Gasteiger partial charge in [0.05, 0.1) is 16.3 Å². The summed E-state index contributed by atoms with van der Waals surface area (Å²) in [5, 5.41) is 14.7. The number of carbonyl (C=O) groups is 3. The van der Waals surface area contributed by atoms with E-state index in [0.29, 0.717) is 11.4 Å². The van der Waals surface area contributed by atoms with Crippen LogP contribution in [-0.2, 0) is 9.59 Å². The maximum atomic E-state index is 12.1. The molecule has 3 N–H and O–H groups in total. The third kappa shape index (κ3) is 5.48. The van der Waals surface area contributed by atoms with Crippen LogP contribution in [0.2, 0.25) is 5.02 Å². The number of carbonyl (C=O) groups excluding carboxylic acids is 2. The van der Waals surface area contributed by atoms with Crippen LogP contribution < -0.4 is 10.6 Å². The fourth-order valence-corrected chi connectivity index (χ4v) is 3.32. The number of benzene rings is 2. The van der Waals surface area contributed by atoms with E-state index in [1.165, 1.54) is 23.9 Å². The zero-order valence-corrected chi connectivity index (χ0v) is 15.8. The smallest absolute Gasteiger partial charge is 0.337 e. The van der Waals surface area contributed by atoms with Crippen molar-refractivity contribution in [2.75, 3.05) is 16.4 Å². The van der Waals surface area contributed by atoms with Crippen molar-refractivity contribution in [2.24, 2.45) is 5.92 Å². The molecule has 27 heavy (non-hydrogen) atoms. The van der Waals surface area contributed by atoms with E-state index in [1.807, 2.05) is 24.3 Å². The zero-order valence-electron chi connectivity index (χ0n) is 14.2. The normalized spacial score (nSPS) is 13.1. The van der Waals surface area contributed by atoms with Crippen LogP contribution in [0.4, 0.5) is 11.4 Å². The van der Waals surface area contributed by atoms with Gasteiger partial charge in [-0.05, 0) is 49.2 Å². The Kier molecular flexibility index (Phi) is 6.03. The number of carboxylic acid groups (broad SMARTS) is 1. The Balaban J connectivity index is 1.55. The molecule has 1 saturated carbocycles. The fourth-order valence-electron chi connectivity index (χ4n) is 2.37. The SMILES string of the molecule is O=C(CSc1cccc(NC(=O)C2CC2)c1)Nc1ccc(Cl)c(C(=O)O)c1. The third-order valence-corrected chi connectivity index (χ3v) is 5.22. The van der Waals surface area contributed by atoms with E-state index in [4.69, 9.17) is 16.7 Å². The van der Waals surface area contributed by atoms with Gasteiger partial charge in [0, 0.05) is 22.2 Å². The van der Waals surface area contributed by atoms with Crippen molar-refractivity contribution in [3.05, 3.63) is 53.1 Å². The van der Waals surface area contributed by atoms with E-state index in [9.17, 15) is 14.4 Å². The molecule has 2 aromatic rings. The van der Waals surface area contributed by atoms with Crippen LogP contribution in [0.25, 0.3) is 0 Å². The van der Waals surface area contributed by atoms with Crippen LogP contribution in [-0.4, -0.2) is 28.6 Å². The molecule has 0 saturated heterocycles. The Morgan fingerprint density at radius 1 is 1.07 bits per heavy atom. The van der Waals surface area contributed by atoms with Gasteiger partial charge in [0.15, 0.2) is 0 Å². The number of aromatic carboxylic acids is 1. The monoisotopic (exact) mass is 404 g/mol. The highest BCUT2D eigenvalue weighted by atomic mass is 35.5. The average molecular weight is 405 g/mol. The molecule has 0 radical (unpaired) electrons. The van der Waals surface area contributed by atoms with Gasteiger partial charge in [-0.1, -0.05) is 17.7 Å². The summed E-state index contributed by atoms with van der Waals surface area (Å²) in [6, 6.07) is 11.6. The van der Waals surface area contributed by atoms with Crippen LogP contribution in [0.1, 0.15) is 23.2 Å². The molecule has 8 heteroatoms. The number of anilines is 2. The summed E-state index contributed by atoms with van der Waals surface area (Å²) in [6.07, 6.45) is 1.88. The summed E-state index contributed by atoms with van der Waals surface area (Å²) in [6.45, 7) is 0. The molecule has 2 aromatic carbocycles. The molecule has 0 bridgehead atoms. The molecule has 6 nitrogen and oxygen atoms in total. The van der Waals surface area contributed by atoms with Crippen LogP contribution in [0, 0.1) is 5.92 Å². The summed E-state index contributed by atoms with van der Waals surface area (Å²) in [5.41, 5.74) is 1.01. The quantitative estimate of drug-likeness (QED) is 0.603.